The second-order valence-electron chi connectivity index (χ2n) is 6.08. The smallest absolute Gasteiger partial charge is 0.315 e. The third-order valence-electron chi connectivity index (χ3n) is 3.89. The first-order chi connectivity index (χ1) is 11.6. The van der Waals surface area contributed by atoms with Crippen LogP contribution in [-0.2, 0) is 6.42 Å². The molecule has 7 nitrogen and oxygen atoms in total. The maximum Gasteiger partial charge on any atom is 0.315 e. The monoisotopic (exact) mass is 330 g/mol. The van der Waals surface area contributed by atoms with Gasteiger partial charge in [0.2, 0.25) is 5.89 Å². The van der Waals surface area contributed by atoms with Crippen LogP contribution >= 0.6 is 0 Å². The number of hydrogen-bond acceptors (Lipinski definition) is 5. The molecule has 1 atom stereocenters. The first kappa shape index (κ1) is 16.3. The Kier molecular flexibility index (Phi) is 4.98. The Morgan fingerprint density at radius 3 is 3.00 bits per heavy atom. The van der Waals surface area contributed by atoms with Crippen LogP contribution in [0.1, 0.15) is 49.5 Å². The first-order valence-corrected chi connectivity index (χ1v) is 8.22. The number of benzene rings is 1. The fraction of sp³-hybridized carbons (Fsp3) is 0.471. The van der Waals surface area contributed by atoms with Crippen LogP contribution in [0.3, 0.4) is 0 Å². The molecule has 1 aromatic carbocycles. The van der Waals surface area contributed by atoms with Crippen LogP contribution < -0.4 is 15.4 Å². The summed E-state index contributed by atoms with van der Waals surface area (Å²) in [5.74, 6) is 2.29. The summed E-state index contributed by atoms with van der Waals surface area (Å²) in [6.45, 7) is 5.05. The second kappa shape index (κ2) is 7.33. The maximum atomic E-state index is 12.1. The van der Waals surface area contributed by atoms with E-state index in [1.165, 1.54) is 0 Å². The summed E-state index contributed by atoms with van der Waals surface area (Å²) < 4.78 is 10.8. The fourth-order valence-corrected chi connectivity index (χ4v) is 2.59. The van der Waals surface area contributed by atoms with Crippen LogP contribution in [0.4, 0.5) is 4.79 Å². The van der Waals surface area contributed by atoms with Crippen molar-refractivity contribution in [2.24, 2.45) is 0 Å². The molecule has 0 spiro atoms. The minimum atomic E-state index is -0.208. The van der Waals surface area contributed by atoms with Gasteiger partial charge in [0.15, 0.2) is 5.82 Å². The van der Waals surface area contributed by atoms with E-state index in [-0.39, 0.29) is 18.0 Å². The van der Waals surface area contributed by atoms with Crippen molar-refractivity contribution in [2.75, 3.05) is 13.2 Å². The minimum Gasteiger partial charge on any atom is -0.493 e. The van der Waals surface area contributed by atoms with E-state index >= 15 is 0 Å². The summed E-state index contributed by atoms with van der Waals surface area (Å²) >= 11 is 0. The Morgan fingerprint density at radius 1 is 1.38 bits per heavy atom. The Morgan fingerprint density at radius 2 is 2.21 bits per heavy atom. The highest BCUT2D eigenvalue weighted by Crippen LogP contribution is 2.31. The third kappa shape index (κ3) is 3.84. The van der Waals surface area contributed by atoms with Crippen molar-refractivity contribution < 1.29 is 14.1 Å². The van der Waals surface area contributed by atoms with Crippen LogP contribution in [0.2, 0.25) is 0 Å². The molecule has 1 unspecified atom stereocenters. The largest absolute Gasteiger partial charge is 0.493 e. The number of amides is 2. The van der Waals surface area contributed by atoms with Crippen LogP contribution in [0.5, 0.6) is 5.75 Å². The zero-order valence-corrected chi connectivity index (χ0v) is 13.9. The van der Waals surface area contributed by atoms with Crippen LogP contribution in [-0.4, -0.2) is 29.3 Å². The van der Waals surface area contributed by atoms with Crippen molar-refractivity contribution in [3.8, 4) is 5.75 Å². The Labute approximate surface area is 140 Å². The molecular formula is C17H22N4O3. The number of fused-ring (bicyclic) bond motifs is 1. The number of nitrogens with one attached hydrogen (secondary N) is 2. The van der Waals surface area contributed by atoms with Gasteiger partial charge >= 0.3 is 6.03 Å². The molecule has 1 aliphatic rings. The number of aromatic nitrogens is 2. The van der Waals surface area contributed by atoms with Gasteiger partial charge in [-0.25, -0.2) is 4.79 Å². The zero-order chi connectivity index (χ0) is 16.9. The van der Waals surface area contributed by atoms with E-state index in [1.807, 2.05) is 38.1 Å². The van der Waals surface area contributed by atoms with Crippen LogP contribution in [0.15, 0.2) is 28.8 Å². The minimum absolute atomic E-state index is 0.0362. The molecule has 2 amide bonds. The predicted octanol–water partition coefficient (Wildman–Crippen LogP) is 2.56. The number of ether oxygens (including phenoxy) is 1. The summed E-state index contributed by atoms with van der Waals surface area (Å²) in [5.41, 5.74) is 1.01. The van der Waals surface area contributed by atoms with Crippen molar-refractivity contribution in [3.63, 3.8) is 0 Å². The SMILES string of the molecule is CC(C)c1noc(CCNC(=O)NC2CCOc3ccccc32)n1. The van der Waals surface area contributed by atoms with Gasteiger partial charge in [-0.15, -0.1) is 0 Å². The average molecular weight is 330 g/mol. The molecule has 2 heterocycles. The molecule has 7 heteroatoms. The molecule has 0 aliphatic carbocycles. The van der Waals surface area contributed by atoms with Crippen LogP contribution in [0, 0.1) is 0 Å². The van der Waals surface area contributed by atoms with E-state index in [1.54, 1.807) is 0 Å². The number of para-hydroxylation sites is 1. The van der Waals surface area contributed by atoms with Gasteiger partial charge in [0.05, 0.1) is 12.6 Å². The van der Waals surface area contributed by atoms with Gasteiger partial charge in [-0.2, -0.15) is 4.98 Å². The molecule has 3 rings (SSSR count). The highest BCUT2D eigenvalue weighted by atomic mass is 16.5. The molecule has 0 bridgehead atoms. The molecule has 0 radical (unpaired) electrons. The van der Waals surface area contributed by atoms with Gasteiger partial charge < -0.3 is 19.9 Å². The zero-order valence-electron chi connectivity index (χ0n) is 13.9. The summed E-state index contributed by atoms with van der Waals surface area (Å²) in [6.07, 6.45) is 1.27. The van der Waals surface area contributed by atoms with Crippen molar-refractivity contribution in [3.05, 3.63) is 41.5 Å². The van der Waals surface area contributed by atoms with E-state index in [4.69, 9.17) is 9.26 Å². The van der Waals surface area contributed by atoms with E-state index in [2.05, 4.69) is 20.8 Å². The first-order valence-electron chi connectivity index (χ1n) is 8.22. The molecule has 2 N–H and O–H groups in total. The van der Waals surface area contributed by atoms with Crippen molar-refractivity contribution >= 4 is 6.03 Å². The molecule has 2 aromatic rings. The highest BCUT2D eigenvalue weighted by molar-refractivity contribution is 5.74. The molecule has 24 heavy (non-hydrogen) atoms. The molecule has 0 saturated carbocycles. The van der Waals surface area contributed by atoms with Crippen molar-refractivity contribution in [2.45, 2.75) is 38.6 Å². The summed E-state index contributed by atoms with van der Waals surface area (Å²) in [4.78, 5) is 16.4. The number of carbonyl (C=O) groups is 1. The number of rotatable bonds is 5. The molecule has 0 saturated heterocycles. The fourth-order valence-electron chi connectivity index (χ4n) is 2.59. The lowest BCUT2D eigenvalue weighted by molar-refractivity contribution is 0.223. The topological polar surface area (TPSA) is 89.3 Å². The Hall–Kier alpha value is -2.57. The number of nitrogens with zero attached hydrogens (tertiary/aromatic N) is 2. The van der Waals surface area contributed by atoms with Gasteiger partial charge in [0.1, 0.15) is 5.75 Å². The van der Waals surface area contributed by atoms with Gasteiger partial charge in [0.25, 0.3) is 0 Å². The predicted molar refractivity (Wildman–Crippen MR) is 87.9 cm³/mol. The molecular weight excluding hydrogens is 308 g/mol. The van der Waals surface area contributed by atoms with E-state index in [0.29, 0.717) is 31.3 Å². The molecule has 1 aliphatic heterocycles. The van der Waals surface area contributed by atoms with Gasteiger partial charge in [-0.3, -0.25) is 0 Å². The lowest BCUT2D eigenvalue weighted by atomic mass is 10.0. The quantitative estimate of drug-likeness (QED) is 0.879. The van der Waals surface area contributed by atoms with Crippen LogP contribution in [0.25, 0.3) is 0 Å². The maximum absolute atomic E-state index is 12.1. The molecule has 1 aromatic heterocycles. The molecule has 128 valence electrons. The van der Waals surface area contributed by atoms with Gasteiger partial charge in [0, 0.05) is 30.9 Å². The highest BCUT2D eigenvalue weighted by Gasteiger charge is 2.22. The van der Waals surface area contributed by atoms with Gasteiger partial charge in [-0.1, -0.05) is 37.2 Å². The summed E-state index contributed by atoms with van der Waals surface area (Å²) in [7, 11) is 0. The molecule has 0 fully saturated rings. The average Bonchev–Trinajstić information content (AvgIpc) is 3.04. The van der Waals surface area contributed by atoms with Crippen molar-refractivity contribution in [1.29, 1.82) is 0 Å². The Balaban J connectivity index is 1.48. The van der Waals surface area contributed by atoms with Crippen molar-refractivity contribution in [1.82, 2.24) is 20.8 Å². The lowest BCUT2D eigenvalue weighted by Gasteiger charge is -2.26. The Bertz CT molecular complexity index is 699. The third-order valence-corrected chi connectivity index (χ3v) is 3.89. The van der Waals surface area contributed by atoms with E-state index < -0.39 is 0 Å². The number of carbonyl (C=O) groups excluding carboxylic acids is 1. The van der Waals surface area contributed by atoms with Gasteiger partial charge in [-0.05, 0) is 6.07 Å². The van der Waals surface area contributed by atoms with E-state index in [9.17, 15) is 4.79 Å². The normalized spacial score (nSPS) is 16.4. The van der Waals surface area contributed by atoms with E-state index in [0.717, 1.165) is 17.7 Å². The number of hydrogen-bond donors (Lipinski definition) is 2. The number of urea groups is 1. The summed E-state index contributed by atoms with van der Waals surface area (Å²) in [6, 6.07) is 7.53. The second-order valence-corrected chi connectivity index (χ2v) is 6.08. The lowest BCUT2D eigenvalue weighted by Crippen LogP contribution is -2.40. The summed E-state index contributed by atoms with van der Waals surface area (Å²) in [5, 5.41) is 9.72. The standard InChI is InChI=1S/C17H22N4O3/c1-11(2)16-20-15(24-21-16)7-9-18-17(22)19-13-8-10-23-14-6-4-3-5-12(13)14/h3-6,11,13H,7-10H2,1-2H3,(H2,18,19,22).